The molecular weight excluding hydrogens is 267 g/mol. The van der Waals surface area contributed by atoms with Gasteiger partial charge in [0.1, 0.15) is 5.82 Å². The van der Waals surface area contributed by atoms with Crippen LogP contribution in [0.3, 0.4) is 0 Å². The number of nitrogens with one attached hydrogen (secondary N) is 1. The molecule has 2 aromatic carbocycles. The quantitative estimate of drug-likeness (QED) is 0.907. The molecule has 0 aliphatic carbocycles. The lowest BCUT2D eigenvalue weighted by Crippen LogP contribution is -2.27. The van der Waals surface area contributed by atoms with E-state index in [0.29, 0.717) is 12.1 Å². The molecule has 3 N–H and O–H groups in total. The first-order chi connectivity index (χ1) is 10.0. The molecule has 0 aliphatic heterocycles. The zero-order valence-corrected chi connectivity index (χ0v) is 12.2. The maximum Gasteiger partial charge on any atom is 0.252 e. The molecule has 0 aliphatic rings. The fraction of sp³-hybridized carbons (Fsp3) is 0.235. The summed E-state index contributed by atoms with van der Waals surface area (Å²) in [6.07, 6.45) is 0. The summed E-state index contributed by atoms with van der Waals surface area (Å²) in [5.74, 6) is -0.687. The molecule has 1 amide bonds. The molecule has 3 nitrogen and oxygen atoms in total. The third-order valence-corrected chi connectivity index (χ3v) is 3.51. The van der Waals surface area contributed by atoms with Gasteiger partial charge in [-0.25, -0.2) is 4.39 Å². The summed E-state index contributed by atoms with van der Waals surface area (Å²) < 4.78 is 13.3. The van der Waals surface area contributed by atoms with Crippen molar-refractivity contribution in [3.05, 3.63) is 70.5 Å². The fourth-order valence-electron chi connectivity index (χ4n) is 2.14. The van der Waals surface area contributed by atoms with E-state index in [9.17, 15) is 9.18 Å². The van der Waals surface area contributed by atoms with E-state index >= 15 is 0 Å². The molecule has 0 saturated heterocycles. The summed E-state index contributed by atoms with van der Waals surface area (Å²) in [5.41, 5.74) is 8.69. The number of carbonyl (C=O) groups is 1. The first-order valence-corrected chi connectivity index (χ1v) is 6.87. The van der Waals surface area contributed by atoms with Crippen molar-refractivity contribution in [3.8, 4) is 0 Å². The van der Waals surface area contributed by atoms with Crippen molar-refractivity contribution in [2.75, 3.05) is 0 Å². The van der Waals surface area contributed by atoms with Gasteiger partial charge in [0, 0.05) is 12.1 Å². The second kappa shape index (κ2) is 6.50. The number of rotatable bonds is 4. The van der Waals surface area contributed by atoms with Crippen LogP contribution < -0.4 is 11.1 Å². The average molecular weight is 286 g/mol. The van der Waals surface area contributed by atoms with Crippen molar-refractivity contribution in [1.82, 2.24) is 5.32 Å². The normalized spacial score (nSPS) is 12.0. The average Bonchev–Trinajstić information content (AvgIpc) is 2.49. The predicted molar refractivity (Wildman–Crippen MR) is 81.4 cm³/mol. The van der Waals surface area contributed by atoms with Gasteiger partial charge in [0.05, 0.1) is 6.04 Å². The van der Waals surface area contributed by atoms with Crippen molar-refractivity contribution in [1.29, 1.82) is 0 Å². The van der Waals surface area contributed by atoms with E-state index in [1.165, 1.54) is 12.1 Å². The molecule has 2 aromatic rings. The second-order valence-corrected chi connectivity index (χ2v) is 5.10. The summed E-state index contributed by atoms with van der Waals surface area (Å²) in [4.78, 5) is 12.2. The summed E-state index contributed by atoms with van der Waals surface area (Å²) in [5, 5.41) is 2.88. The van der Waals surface area contributed by atoms with Gasteiger partial charge in [-0.1, -0.05) is 30.3 Å². The molecule has 0 aromatic heterocycles. The smallest absolute Gasteiger partial charge is 0.252 e. The zero-order chi connectivity index (χ0) is 15.4. The van der Waals surface area contributed by atoms with Crippen molar-refractivity contribution >= 4 is 5.91 Å². The van der Waals surface area contributed by atoms with Gasteiger partial charge < -0.3 is 11.1 Å². The molecular formula is C17H19FN2O. The van der Waals surface area contributed by atoms with E-state index in [0.717, 1.165) is 16.7 Å². The standard InChI is InChI=1S/C17H19FN2O/c1-11-3-8-15(18)9-16(11)17(21)20-12(2)14-6-4-13(10-19)5-7-14/h3-9,12H,10,19H2,1-2H3,(H,20,21). The van der Waals surface area contributed by atoms with Crippen LogP contribution in [0.2, 0.25) is 0 Å². The molecule has 0 heterocycles. The number of nitrogens with two attached hydrogens (primary N) is 1. The van der Waals surface area contributed by atoms with Crippen LogP contribution in [0.15, 0.2) is 42.5 Å². The Bertz CT molecular complexity index is 638. The summed E-state index contributed by atoms with van der Waals surface area (Å²) in [7, 11) is 0. The molecule has 0 radical (unpaired) electrons. The summed E-state index contributed by atoms with van der Waals surface area (Å²) >= 11 is 0. The lowest BCUT2D eigenvalue weighted by molar-refractivity contribution is 0.0939. The van der Waals surface area contributed by atoms with Gasteiger partial charge >= 0.3 is 0 Å². The van der Waals surface area contributed by atoms with Gasteiger partial charge in [0.15, 0.2) is 0 Å². The van der Waals surface area contributed by atoms with Crippen molar-refractivity contribution in [2.45, 2.75) is 26.4 Å². The van der Waals surface area contributed by atoms with Crippen molar-refractivity contribution in [3.63, 3.8) is 0 Å². The first kappa shape index (κ1) is 15.2. The lowest BCUT2D eigenvalue weighted by Gasteiger charge is -2.16. The Kier molecular flexibility index (Phi) is 4.70. The Balaban J connectivity index is 2.12. The van der Waals surface area contributed by atoms with Crippen LogP contribution in [-0.2, 0) is 6.54 Å². The maximum atomic E-state index is 13.3. The third-order valence-electron chi connectivity index (χ3n) is 3.51. The fourth-order valence-corrected chi connectivity index (χ4v) is 2.14. The number of hydrogen-bond donors (Lipinski definition) is 2. The van der Waals surface area contributed by atoms with Crippen molar-refractivity contribution in [2.24, 2.45) is 5.73 Å². The second-order valence-electron chi connectivity index (χ2n) is 5.10. The molecule has 2 rings (SSSR count). The summed E-state index contributed by atoms with van der Waals surface area (Å²) in [6.45, 7) is 4.17. The van der Waals surface area contributed by atoms with E-state index < -0.39 is 5.82 Å². The van der Waals surface area contributed by atoms with Crippen molar-refractivity contribution < 1.29 is 9.18 Å². The number of hydrogen-bond acceptors (Lipinski definition) is 2. The minimum Gasteiger partial charge on any atom is -0.346 e. The van der Waals surface area contributed by atoms with Crippen LogP contribution in [-0.4, -0.2) is 5.91 Å². The van der Waals surface area contributed by atoms with Gasteiger partial charge in [-0.05, 0) is 42.7 Å². The topological polar surface area (TPSA) is 55.1 Å². The molecule has 110 valence electrons. The van der Waals surface area contributed by atoms with E-state index in [1.807, 2.05) is 31.2 Å². The minimum atomic E-state index is -0.411. The molecule has 1 unspecified atom stereocenters. The predicted octanol–water partition coefficient (Wildman–Crippen LogP) is 3.08. The largest absolute Gasteiger partial charge is 0.346 e. The highest BCUT2D eigenvalue weighted by molar-refractivity contribution is 5.95. The summed E-state index contributed by atoms with van der Waals surface area (Å²) in [6, 6.07) is 11.8. The van der Waals surface area contributed by atoms with Gasteiger partial charge in [0.25, 0.3) is 5.91 Å². The van der Waals surface area contributed by atoms with Crippen LogP contribution in [0.25, 0.3) is 0 Å². The highest BCUT2D eigenvalue weighted by Crippen LogP contribution is 2.16. The Morgan fingerprint density at radius 1 is 1.24 bits per heavy atom. The SMILES string of the molecule is Cc1ccc(F)cc1C(=O)NC(C)c1ccc(CN)cc1. The van der Waals surface area contributed by atoms with E-state index in [2.05, 4.69) is 5.32 Å². The van der Waals surface area contributed by atoms with Gasteiger partial charge in [-0.3, -0.25) is 4.79 Å². The van der Waals surface area contributed by atoms with E-state index in [1.54, 1.807) is 13.0 Å². The van der Waals surface area contributed by atoms with Crippen LogP contribution >= 0.6 is 0 Å². The molecule has 4 heteroatoms. The Morgan fingerprint density at radius 2 is 1.90 bits per heavy atom. The Hall–Kier alpha value is -2.20. The minimum absolute atomic E-state index is 0.160. The highest BCUT2D eigenvalue weighted by Gasteiger charge is 2.14. The molecule has 0 saturated carbocycles. The van der Waals surface area contributed by atoms with Gasteiger partial charge in [0.2, 0.25) is 0 Å². The Morgan fingerprint density at radius 3 is 2.52 bits per heavy atom. The number of halogens is 1. The molecule has 0 fully saturated rings. The molecule has 0 bridgehead atoms. The Labute approximate surface area is 124 Å². The van der Waals surface area contributed by atoms with Crippen LogP contribution in [0.4, 0.5) is 4.39 Å². The van der Waals surface area contributed by atoms with Gasteiger partial charge in [-0.15, -0.1) is 0 Å². The third kappa shape index (κ3) is 3.67. The van der Waals surface area contributed by atoms with Crippen LogP contribution in [0, 0.1) is 12.7 Å². The molecule has 0 spiro atoms. The first-order valence-electron chi connectivity index (χ1n) is 6.87. The lowest BCUT2D eigenvalue weighted by atomic mass is 10.0. The van der Waals surface area contributed by atoms with Crippen LogP contribution in [0.1, 0.15) is 40.0 Å². The highest BCUT2D eigenvalue weighted by atomic mass is 19.1. The molecule has 21 heavy (non-hydrogen) atoms. The number of aryl methyl sites for hydroxylation is 1. The van der Waals surface area contributed by atoms with Crippen LogP contribution in [0.5, 0.6) is 0 Å². The maximum absolute atomic E-state index is 13.3. The zero-order valence-electron chi connectivity index (χ0n) is 12.2. The van der Waals surface area contributed by atoms with E-state index in [4.69, 9.17) is 5.73 Å². The number of amides is 1. The number of benzene rings is 2. The monoisotopic (exact) mass is 286 g/mol. The number of carbonyl (C=O) groups excluding carboxylic acids is 1. The molecule has 1 atom stereocenters. The van der Waals surface area contributed by atoms with Gasteiger partial charge in [-0.2, -0.15) is 0 Å². The van der Waals surface area contributed by atoms with E-state index in [-0.39, 0.29) is 11.9 Å².